The van der Waals surface area contributed by atoms with Gasteiger partial charge in [0.2, 0.25) is 0 Å². The van der Waals surface area contributed by atoms with Crippen molar-refractivity contribution in [3.8, 4) is 11.1 Å². The molecule has 3 heteroatoms. The zero-order valence-electron chi connectivity index (χ0n) is 12.6. The van der Waals surface area contributed by atoms with Crippen LogP contribution in [0.3, 0.4) is 0 Å². The summed E-state index contributed by atoms with van der Waals surface area (Å²) in [7, 11) is 0. The molecule has 0 aliphatic heterocycles. The van der Waals surface area contributed by atoms with Crippen LogP contribution in [0, 0.1) is 13.8 Å². The summed E-state index contributed by atoms with van der Waals surface area (Å²) in [5.74, 6) is 0. The molecule has 0 amide bonds. The lowest BCUT2D eigenvalue weighted by Gasteiger charge is -2.09. The highest BCUT2D eigenvalue weighted by molar-refractivity contribution is 5.69. The van der Waals surface area contributed by atoms with Crippen LogP contribution in [0.1, 0.15) is 36.6 Å². The summed E-state index contributed by atoms with van der Waals surface area (Å²) >= 11 is 0. The summed E-state index contributed by atoms with van der Waals surface area (Å²) in [5, 5.41) is 8.11. The van der Waals surface area contributed by atoms with E-state index < -0.39 is 0 Å². The van der Waals surface area contributed by atoms with E-state index in [1.54, 1.807) is 0 Å². The Bertz CT molecular complexity index is 609. The van der Waals surface area contributed by atoms with E-state index in [1.165, 1.54) is 35.1 Å². The van der Waals surface area contributed by atoms with Gasteiger partial charge in [-0.3, -0.25) is 4.68 Å². The van der Waals surface area contributed by atoms with E-state index in [9.17, 15) is 0 Å². The molecule has 0 radical (unpaired) electrons. The Balaban J connectivity index is 1.83. The van der Waals surface area contributed by atoms with Crippen LogP contribution in [0.5, 0.6) is 0 Å². The van der Waals surface area contributed by atoms with Gasteiger partial charge in [0.15, 0.2) is 0 Å². The summed E-state index contributed by atoms with van der Waals surface area (Å²) in [5.41, 5.74) is 6.37. The Morgan fingerprint density at radius 2 is 2.05 bits per heavy atom. The molecule has 0 atom stereocenters. The van der Waals surface area contributed by atoms with Crippen molar-refractivity contribution in [2.75, 3.05) is 0 Å². The summed E-state index contributed by atoms with van der Waals surface area (Å²) in [4.78, 5) is 0. The highest BCUT2D eigenvalue weighted by Crippen LogP contribution is 2.27. The van der Waals surface area contributed by atoms with Crippen molar-refractivity contribution >= 4 is 0 Å². The van der Waals surface area contributed by atoms with Crippen LogP contribution in [-0.2, 0) is 13.1 Å². The molecule has 1 aromatic carbocycles. The minimum absolute atomic E-state index is 0.764. The normalized spacial score (nSPS) is 14.8. The quantitative estimate of drug-likeness (QED) is 0.901. The van der Waals surface area contributed by atoms with E-state index in [0.717, 1.165) is 24.8 Å². The second-order valence-electron chi connectivity index (χ2n) is 5.79. The third-order valence-electron chi connectivity index (χ3n) is 4.02. The SMILES string of the molecule is CCn1cc(-c2ccc(CNC3CC3)cc2C)c(C)n1. The lowest BCUT2D eigenvalue weighted by atomic mass is 9.99. The predicted octanol–water partition coefficient (Wildman–Crippen LogP) is 3.44. The van der Waals surface area contributed by atoms with E-state index in [-0.39, 0.29) is 0 Å². The van der Waals surface area contributed by atoms with Gasteiger partial charge in [-0.25, -0.2) is 0 Å². The van der Waals surface area contributed by atoms with E-state index in [0.29, 0.717) is 0 Å². The van der Waals surface area contributed by atoms with Crippen molar-refractivity contribution in [1.82, 2.24) is 15.1 Å². The zero-order chi connectivity index (χ0) is 14.1. The Hall–Kier alpha value is -1.61. The molecular weight excluding hydrogens is 246 g/mol. The molecule has 1 N–H and O–H groups in total. The van der Waals surface area contributed by atoms with Crippen molar-refractivity contribution in [2.45, 2.75) is 52.7 Å². The summed E-state index contributed by atoms with van der Waals surface area (Å²) in [6.45, 7) is 8.31. The maximum absolute atomic E-state index is 4.54. The van der Waals surface area contributed by atoms with Crippen molar-refractivity contribution in [3.05, 3.63) is 41.2 Å². The molecule has 3 rings (SSSR count). The Labute approximate surface area is 121 Å². The minimum atomic E-state index is 0.764. The smallest absolute Gasteiger partial charge is 0.0672 e. The highest BCUT2D eigenvalue weighted by Gasteiger charge is 2.20. The van der Waals surface area contributed by atoms with Crippen molar-refractivity contribution < 1.29 is 0 Å². The lowest BCUT2D eigenvalue weighted by Crippen LogP contribution is -2.15. The number of rotatable bonds is 5. The molecule has 0 unspecified atom stereocenters. The van der Waals surface area contributed by atoms with Gasteiger partial charge in [0.1, 0.15) is 0 Å². The predicted molar refractivity (Wildman–Crippen MR) is 82.7 cm³/mol. The number of hydrogen-bond acceptors (Lipinski definition) is 2. The number of aromatic nitrogens is 2. The van der Waals surface area contributed by atoms with Crippen molar-refractivity contribution in [1.29, 1.82) is 0 Å². The van der Waals surface area contributed by atoms with Crippen LogP contribution in [0.25, 0.3) is 11.1 Å². The fraction of sp³-hybridized carbons (Fsp3) is 0.471. The Morgan fingerprint density at radius 1 is 1.25 bits per heavy atom. The summed E-state index contributed by atoms with van der Waals surface area (Å²) in [6.07, 6.45) is 4.83. The first-order valence-corrected chi connectivity index (χ1v) is 7.54. The van der Waals surface area contributed by atoms with Crippen LogP contribution in [0.4, 0.5) is 0 Å². The van der Waals surface area contributed by atoms with Crippen molar-refractivity contribution in [2.24, 2.45) is 0 Å². The molecule has 20 heavy (non-hydrogen) atoms. The standard InChI is InChI=1S/C17H23N3/c1-4-20-11-17(13(3)19-20)16-8-5-14(9-12(16)2)10-18-15-6-7-15/h5,8-9,11,15,18H,4,6-7,10H2,1-3H3. The van der Waals surface area contributed by atoms with Crippen LogP contribution in [0.2, 0.25) is 0 Å². The number of benzene rings is 1. The molecule has 106 valence electrons. The van der Waals surface area contributed by atoms with Gasteiger partial charge in [-0.1, -0.05) is 18.2 Å². The van der Waals surface area contributed by atoms with Crippen molar-refractivity contribution in [3.63, 3.8) is 0 Å². The third-order valence-corrected chi connectivity index (χ3v) is 4.02. The van der Waals surface area contributed by atoms with E-state index in [2.05, 4.69) is 55.6 Å². The first-order valence-electron chi connectivity index (χ1n) is 7.54. The zero-order valence-corrected chi connectivity index (χ0v) is 12.6. The molecule has 1 aliphatic rings. The molecule has 1 aliphatic carbocycles. The third kappa shape index (κ3) is 2.78. The van der Waals surface area contributed by atoms with E-state index in [1.807, 2.05) is 4.68 Å². The van der Waals surface area contributed by atoms with Gasteiger partial charge in [-0.2, -0.15) is 5.10 Å². The van der Waals surface area contributed by atoms with Gasteiger partial charge in [-0.15, -0.1) is 0 Å². The Kier molecular flexibility index (Phi) is 3.62. The summed E-state index contributed by atoms with van der Waals surface area (Å²) < 4.78 is 2.01. The average Bonchev–Trinajstić information content (AvgIpc) is 3.19. The number of nitrogens with one attached hydrogen (secondary N) is 1. The fourth-order valence-corrected chi connectivity index (χ4v) is 2.63. The highest BCUT2D eigenvalue weighted by atomic mass is 15.3. The molecule has 0 bridgehead atoms. The van der Waals surface area contributed by atoms with Gasteiger partial charge in [-0.05, 0) is 50.3 Å². The maximum atomic E-state index is 4.54. The molecule has 1 aromatic heterocycles. The molecule has 2 aromatic rings. The molecule has 0 saturated heterocycles. The molecule has 1 fully saturated rings. The molecule has 0 spiro atoms. The first kappa shape index (κ1) is 13.4. The average molecular weight is 269 g/mol. The molecule has 1 heterocycles. The first-order chi connectivity index (χ1) is 9.67. The van der Waals surface area contributed by atoms with E-state index in [4.69, 9.17) is 0 Å². The van der Waals surface area contributed by atoms with E-state index >= 15 is 0 Å². The molecule has 3 nitrogen and oxygen atoms in total. The number of nitrogens with zero attached hydrogens (tertiary/aromatic N) is 2. The van der Waals surface area contributed by atoms with Gasteiger partial charge in [0.05, 0.1) is 5.69 Å². The Morgan fingerprint density at radius 3 is 2.65 bits per heavy atom. The molecule has 1 saturated carbocycles. The summed E-state index contributed by atoms with van der Waals surface area (Å²) in [6, 6.07) is 7.54. The fourth-order valence-electron chi connectivity index (χ4n) is 2.63. The van der Waals surface area contributed by atoms with Gasteiger partial charge in [0, 0.05) is 30.9 Å². The number of hydrogen-bond donors (Lipinski definition) is 1. The van der Waals surface area contributed by atoms with Crippen LogP contribution >= 0.6 is 0 Å². The van der Waals surface area contributed by atoms with Crippen LogP contribution in [0.15, 0.2) is 24.4 Å². The van der Waals surface area contributed by atoms with Gasteiger partial charge >= 0.3 is 0 Å². The number of aryl methyl sites for hydroxylation is 3. The monoisotopic (exact) mass is 269 g/mol. The van der Waals surface area contributed by atoms with Crippen LogP contribution < -0.4 is 5.32 Å². The topological polar surface area (TPSA) is 29.9 Å². The second kappa shape index (κ2) is 5.41. The minimum Gasteiger partial charge on any atom is -0.310 e. The maximum Gasteiger partial charge on any atom is 0.0672 e. The largest absolute Gasteiger partial charge is 0.310 e. The molecular formula is C17H23N3. The van der Waals surface area contributed by atoms with Gasteiger partial charge < -0.3 is 5.32 Å². The second-order valence-corrected chi connectivity index (χ2v) is 5.79. The lowest BCUT2D eigenvalue weighted by molar-refractivity contribution is 0.653. The van der Waals surface area contributed by atoms with Crippen LogP contribution in [-0.4, -0.2) is 15.8 Å². The van der Waals surface area contributed by atoms with Gasteiger partial charge in [0.25, 0.3) is 0 Å².